The van der Waals surface area contributed by atoms with Crippen molar-refractivity contribution in [2.24, 2.45) is 5.16 Å². The van der Waals surface area contributed by atoms with Gasteiger partial charge in [0.1, 0.15) is 0 Å². The summed E-state index contributed by atoms with van der Waals surface area (Å²) in [5.74, 6) is -0.397. The number of oxime groups is 1. The summed E-state index contributed by atoms with van der Waals surface area (Å²) in [6.45, 7) is 2.13. The Bertz CT molecular complexity index is 828. The molecule has 0 fully saturated rings. The maximum absolute atomic E-state index is 12.4. The van der Waals surface area contributed by atoms with Gasteiger partial charge in [0.15, 0.2) is 5.71 Å². The lowest BCUT2D eigenvalue weighted by atomic mass is 10.1. The number of nitro benzene ring substituents is 1. The van der Waals surface area contributed by atoms with E-state index < -0.39 is 10.8 Å². The molecule has 1 aliphatic rings. The Morgan fingerprint density at radius 2 is 1.91 bits per heavy atom. The fraction of sp³-hybridized carbons (Fsp3) is 0.125. The van der Waals surface area contributed by atoms with Crippen LogP contribution in [0.3, 0.4) is 0 Å². The molecular formula is C16H13N3O4. The molecule has 0 aromatic heterocycles. The SMILES string of the molecule is Cc1ccc2c(c1)/C(=N/O)C(=O)N2Cc1ccc([N+](=O)[O-])cc1. The fourth-order valence-electron chi connectivity index (χ4n) is 2.59. The third-order valence-corrected chi connectivity index (χ3v) is 3.73. The number of fused-ring (bicyclic) bond motifs is 1. The largest absolute Gasteiger partial charge is 0.410 e. The van der Waals surface area contributed by atoms with Crippen molar-refractivity contribution in [3.05, 3.63) is 69.3 Å². The molecule has 0 saturated carbocycles. The molecule has 116 valence electrons. The summed E-state index contributed by atoms with van der Waals surface area (Å²) in [7, 11) is 0. The highest BCUT2D eigenvalue weighted by atomic mass is 16.6. The number of rotatable bonds is 3. The summed E-state index contributed by atoms with van der Waals surface area (Å²) in [5, 5.41) is 22.9. The minimum Gasteiger partial charge on any atom is -0.410 e. The molecule has 0 atom stereocenters. The third kappa shape index (κ3) is 2.52. The molecule has 3 rings (SSSR count). The zero-order valence-corrected chi connectivity index (χ0v) is 12.3. The maximum Gasteiger partial charge on any atom is 0.281 e. The zero-order valence-electron chi connectivity index (χ0n) is 12.3. The normalized spacial score (nSPS) is 15.1. The summed E-state index contributed by atoms with van der Waals surface area (Å²) >= 11 is 0. The summed E-state index contributed by atoms with van der Waals surface area (Å²) < 4.78 is 0. The van der Waals surface area contributed by atoms with Crippen molar-refractivity contribution >= 4 is 23.0 Å². The van der Waals surface area contributed by atoms with Crippen molar-refractivity contribution < 1.29 is 14.9 Å². The Morgan fingerprint density at radius 3 is 2.52 bits per heavy atom. The molecule has 0 bridgehead atoms. The van der Waals surface area contributed by atoms with E-state index in [2.05, 4.69) is 5.16 Å². The lowest BCUT2D eigenvalue weighted by Gasteiger charge is -2.16. The maximum atomic E-state index is 12.4. The number of benzene rings is 2. The molecule has 1 N–H and O–H groups in total. The number of amides is 1. The number of hydrogen-bond acceptors (Lipinski definition) is 5. The minimum atomic E-state index is -0.473. The molecule has 1 amide bonds. The highest BCUT2D eigenvalue weighted by molar-refractivity contribution is 6.54. The van der Waals surface area contributed by atoms with Gasteiger partial charge < -0.3 is 10.1 Å². The van der Waals surface area contributed by atoms with Gasteiger partial charge in [-0.1, -0.05) is 28.9 Å². The number of aryl methyl sites for hydroxylation is 1. The van der Waals surface area contributed by atoms with Crippen molar-refractivity contribution in [2.75, 3.05) is 4.90 Å². The van der Waals surface area contributed by atoms with Crippen molar-refractivity contribution in [1.29, 1.82) is 0 Å². The van der Waals surface area contributed by atoms with Crippen molar-refractivity contribution in [1.82, 2.24) is 0 Å². The molecule has 2 aromatic rings. The Balaban J connectivity index is 1.95. The van der Waals surface area contributed by atoms with Crippen LogP contribution in [0, 0.1) is 17.0 Å². The number of nitrogens with zero attached hydrogens (tertiary/aromatic N) is 3. The molecule has 0 saturated heterocycles. The Hall–Kier alpha value is -3.22. The van der Waals surface area contributed by atoms with Crippen LogP contribution in [0.5, 0.6) is 0 Å². The number of nitro groups is 1. The molecule has 7 heteroatoms. The van der Waals surface area contributed by atoms with E-state index in [1.54, 1.807) is 24.3 Å². The predicted molar refractivity (Wildman–Crippen MR) is 83.8 cm³/mol. The highest BCUT2D eigenvalue weighted by Gasteiger charge is 2.34. The van der Waals surface area contributed by atoms with Crippen molar-refractivity contribution in [3.8, 4) is 0 Å². The van der Waals surface area contributed by atoms with E-state index in [4.69, 9.17) is 5.21 Å². The van der Waals surface area contributed by atoms with Gasteiger partial charge in [-0.25, -0.2) is 0 Å². The Kier molecular flexibility index (Phi) is 3.53. The van der Waals surface area contributed by atoms with Gasteiger partial charge in [-0.2, -0.15) is 0 Å². The van der Waals surface area contributed by atoms with Crippen LogP contribution in [-0.2, 0) is 11.3 Å². The van der Waals surface area contributed by atoms with E-state index in [9.17, 15) is 14.9 Å². The summed E-state index contributed by atoms with van der Waals surface area (Å²) in [5.41, 5.74) is 2.94. The first-order valence-corrected chi connectivity index (χ1v) is 6.89. The van der Waals surface area contributed by atoms with Crippen molar-refractivity contribution in [3.63, 3.8) is 0 Å². The average Bonchev–Trinajstić information content (AvgIpc) is 2.79. The molecule has 7 nitrogen and oxygen atoms in total. The van der Waals surface area contributed by atoms with Gasteiger partial charge in [0.05, 0.1) is 17.2 Å². The molecule has 0 spiro atoms. The topological polar surface area (TPSA) is 96.0 Å². The first-order valence-electron chi connectivity index (χ1n) is 6.89. The lowest BCUT2D eigenvalue weighted by molar-refractivity contribution is -0.384. The van der Waals surface area contributed by atoms with Gasteiger partial charge in [-0.15, -0.1) is 0 Å². The van der Waals surface area contributed by atoms with E-state index in [1.807, 2.05) is 13.0 Å². The molecular weight excluding hydrogens is 298 g/mol. The van der Waals surface area contributed by atoms with E-state index >= 15 is 0 Å². The Labute approximate surface area is 131 Å². The van der Waals surface area contributed by atoms with Crippen LogP contribution < -0.4 is 4.90 Å². The molecule has 1 heterocycles. The van der Waals surface area contributed by atoms with Gasteiger partial charge in [-0.05, 0) is 24.6 Å². The van der Waals surface area contributed by atoms with E-state index in [0.717, 1.165) is 11.1 Å². The summed E-state index contributed by atoms with van der Waals surface area (Å²) in [4.78, 5) is 24.1. The van der Waals surface area contributed by atoms with Crippen LogP contribution in [0.25, 0.3) is 0 Å². The van der Waals surface area contributed by atoms with Gasteiger partial charge in [0.2, 0.25) is 0 Å². The van der Waals surface area contributed by atoms with Gasteiger partial charge in [-0.3, -0.25) is 14.9 Å². The zero-order chi connectivity index (χ0) is 16.6. The Morgan fingerprint density at radius 1 is 1.22 bits per heavy atom. The average molecular weight is 311 g/mol. The third-order valence-electron chi connectivity index (χ3n) is 3.73. The van der Waals surface area contributed by atoms with E-state index in [0.29, 0.717) is 11.3 Å². The predicted octanol–water partition coefficient (Wildman–Crippen LogP) is 2.63. The van der Waals surface area contributed by atoms with Crippen LogP contribution in [0.1, 0.15) is 16.7 Å². The summed E-state index contributed by atoms with van der Waals surface area (Å²) in [6.07, 6.45) is 0. The second kappa shape index (κ2) is 5.53. The first-order chi connectivity index (χ1) is 11.0. The lowest BCUT2D eigenvalue weighted by Crippen LogP contribution is -2.29. The van der Waals surface area contributed by atoms with Gasteiger partial charge in [0.25, 0.3) is 11.6 Å². The molecule has 0 radical (unpaired) electrons. The molecule has 0 unspecified atom stereocenters. The van der Waals surface area contributed by atoms with E-state index in [-0.39, 0.29) is 17.9 Å². The highest BCUT2D eigenvalue weighted by Crippen LogP contribution is 2.31. The van der Waals surface area contributed by atoms with Crippen LogP contribution in [0.4, 0.5) is 11.4 Å². The van der Waals surface area contributed by atoms with Crippen LogP contribution in [-0.4, -0.2) is 21.7 Å². The fourth-order valence-corrected chi connectivity index (χ4v) is 2.59. The van der Waals surface area contributed by atoms with Crippen LogP contribution in [0.2, 0.25) is 0 Å². The minimum absolute atomic E-state index is 0.00451. The molecule has 2 aromatic carbocycles. The van der Waals surface area contributed by atoms with Crippen LogP contribution in [0.15, 0.2) is 47.6 Å². The smallest absolute Gasteiger partial charge is 0.281 e. The first kappa shape index (κ1) is 14.7. The van der Waals surface area contributed by atoms with Gasteiger partial charge in [0, 0.05) is 17.7 Å². The quantitative estimate of drug-likeness (QED) is 0.535. The molecule has 0 aliphatic carbocycles. The molecule has 1 aliphatic heterocycles. The molecule has 23 heavy (non-hydrogen) atoms. The number of anilines is 1. The van der Waals surface area contributed by atoms with Gasteiger partial charge >= 0.3 is 0 Å². The number of hydrogen-bond donors (Lipinski definition) is 1. The monoisotopic (exact) mass is 311 g/mol. The van der Waals surface area contributed by atoms with Crippen LogP contribution >= 0.6 is 0 Å². The standard InChI is InChI=1S/C16H13N3O4/c1-10-2-7-14-13(8-10)15(17-21)16(20)18(14)9-11-3-5-12(6-4-11)19(22)23/h2-8,21H,9H2,1H3/b17-15-. The summed E-state index contributed by atoms with van der Waals surface area (Å²) in [6, 6.07) is 11.5. The number of carbonyl (C=O) groups excluding carboxylic acids is 1. The van der Waals surface area contributed by atoms with Crippen molar-refractivity contribution in [2.45, 2.75) is 13.5 Å². The second-order valence-electron chi connectivity index (χ2n) is 5.28. The van der Waals surface area contributed by atoms with E-state index in [1.165, 1.54) is 17.0 Å². The second-order valence-corrected chi connectivity index (χ2v) is 5.28. The number of carbonyl (C=O) groups is 1. The number of non-ortho nitro benzene ring substituents is 1.